The number of rotatable bonds is 4. The molecule has 152 valence electrons. The fourth-order valence-corrected chi connectivity index (χ4v) is 3.28. The van der Waals surface area contributed by atoms with Gasteiger partial charge in [0.15, 0.2) is 0 Å². The third kappa shape index (κ3) is 4.14. The van der Waals surface area contributed by atoms with E-state index in [4.69, 9.17) is 9.84 Å². The van der Waals surface area contributed by atoms with Gasteiger partial charge in [-0.05, 0) is 25.5 Å². The van der Waals surface area contributed by atoms with Crippen LogP contribution in [0.2, 0.25) is 0 Å². The predicted molar refractivity (Wildman–Crippen MR) is 102 cm³/mol. The van der Waals surface area contributed by atoms with E-state index in [0.717, 1.165) is 0 Å². The molecule has 3 amide bonds. The van der Waals surface area contributed by atoms with Crippen LogP contribution < -0.4 is 16.3 Å². The van der Waals surface area contributed by atoms with Crippen molar-refractivity contribution in [1.82, 2.24) is 19.8 Å². The van der Waals surface area contributed by atoms with Crippen LogP contribution in [0.15, 0.2) is 23.0 Å². The predicted octanol–water partition coefficient (Wildman–Crippen LogP) is 0.299. The lowest BCUT2D eigenvalue weighted by molar-refractivity contribution is -0.135. The monoisotopic (exact) mass is 400 g/mol. The Balaban J connectivity index is 1.92. The van der Waals surface area contributed by atoms with Gasteiger partial charge in [0.25, 0.3) is 0 Å². The van der Waals surface area contributed by atoms with Crippen molar-refractivity contribution in [2.75, 3.05) is 6.61 Å². The molecule has 2 unspecified atom stereocenters. The molecule has 0 saturated carbocycles. The Morgan fingerprint density at radius 1 is 1.41 bits per heavy atom. The number of nitrogens with zero attached hydrogens (tertiary/aromatic N) is 2. The van der Waals surface area contributed by atoms with Crippen molar-refractivity contribution in [3.63, 3.8) is 0 Å². The summed E-state index contributed by atoms with van der Waals surface area (Å²) in [6.07, 6.45) is -1.49. The van der Waals surface area contributed by atoms with E-state index in [-0.39, 0.29) is 31.0 Å². The van der Waals surface area contributed by atoms with Gasteiger partial charge in [-0.3, -0.25) is 29.4 Å². The first-order valence-electron chi connectivity index (χ1n) is 8.93. The molecule has 0 spiro atoms. The van der Waals surface area contributed by atoms with E-state index in [9.17, 15) is 19.2 Å². The zero-order chi connectivity index (χ0) is 21.1. The van der Waals surface area contributed by atoms with Gasteiger partial charge in [-0.2, -0.15) is 0 Å². The number of ether oxygens (including phenoxy) is 1. The van der Waals surface area contributed by atoms with Gasteiger partial charge >= 0.3 is 11.8 Å². The summed E-state index contributed by atoms with van der Waals surface area (Å²) in [4.78, 5) is 47.0. The largest absolute Gasteiger partial charge is 0.465 e. The molecule has 2 heterocycles. The molecule has 1 aromatic carbocycles. The second kappa shape index (κ2) is 8.20. The molecular weight excluding hydrogens is 380 g/mol. The molecule has 0 aliphatic carbocycles. The highest BCUT2D eigenvalue weighted by molar-refractivity contribution is 6.00. The van der Waals surface area contributed by atoms with Crippen molar-refractivity contribution < 1.29 is 24.2 Å². The van der Waals surface area contributed by atoms with Crippen molar-refractivity contribution in [3.05, 3.63) is 34.2 Å². The number of hydrogen-bond acceptors (Lipinski definition) is 5. The van der Waals surface area contributed by atoms with Gasteiger partial charge in [-0.1, -0.05) is 17.9 Å². The molecule has 3 N–H and O–H groups in total. The average Bonchev–Trinajstić information content (AvgIpc) is 2.90. The summed E-state index contributed by atoms with van der Waals surface area (Å²) in [6, 6.07) is 4.42. The van der Waals surface area contributed by atoms with Crippen LogP contribution in [0.1, 0.15) is 31.4 Å². The van der Waals surface area contributed by atoms with Crippen molar-refractivity contribution in [3.8, 4) is 11.8 Å². The Bertz CT molecular complexity index is 1100. The number of nitrogens with one attached hydrogen (secondary N) is 2. The van der Waals surface area contributed by atoms with Gasteiger partial charge < -0.3 is 9.84 Å². The number of aryl methyl sites for hydroxylation is 1. The third-order valence-electron chi connectivity index (χ3n) is 4.58. The first kappa shape index (κ1) is 20.2. The second-order valence-corrected chi connectivity index (χ2v) is 6.56. The summed E-state index contributed by atoms with van der Waals surface area (Å²) >= 11 is 0. The number of carbonyl (C=O) groups is 3. The van der Waals surface area contributed by atoms with Crippen LogP contribution in [0.3, 0.4) is 0 Å². The molecule has 1 aliphatic rings. The number of carbonyl (C=O) groups excluding carboxylic acids is 2. The maximum atomic E-state index is 12.8. The zero-order valence-corrected chi connectivity index (χ0v) is 15.9. The number of piperidine rings is 1. The molecule has 29 heavy (non-hydrogen) atoms. The Labute approximate surface area is 165 Å². The van der Waals surface area contributed by atoms with E-state index in [2.05, 4.69) is 22.5 Å². The normalized spacial score (nSPS) is 17.4. The van der Waals surface area contributed by atoms with Gasteiger partial charge in [0.2, 0.25) is 11.8 Å². The molecule has 2 aromatic rings. The molecule has 1 saturated heterocycles. The first-order chi connectivity index (χ1) is 13.8. The van der Waals surface area contributed by atoms with E-state index in [1.807, 2.05) is 0 Å². The van der Waals surface area contributed by atoms with Crippen LogP contribution in [-0.2, 0) is 21.4 Å². The summed E-state index contributed by atoms with van der Waals surface area (Å²) in [5, 5.41) is 13.0. The summed E-state index contributed by atoms with van der Waals surface area (Å²) < 4.78 is 8.04. The molecule has 10 nitrogen and oxygen atoms in total. The Hall–Kier alpha value is -3.58. The van der Waals surface area contributed by atoms with Crippen LogP contribution in [0.5, 0.6) is 0 Å². The Kier molecular flexibility index (Phi) is 5.70. The van der Waals surface area contributed by atoms with Gasteiger partial charge in [0, 0.05) is 13.5 Å². The maximum Gasteiger partial charge on any atom is 0.406 e. The minimum Gasteiger partial charge on any atom is -0.465 e. The van der Waals surface area contributed by atoms with Crippen molar-refractivity contribution in [2.24, 2.45) is 7.05 Å². The van der Waals surface area contributed by atoms with Crippen molar-refractivity contribution in [2.45, 2.75) is 32.0 Å². The number of aromatic nitrogens is 2. The van der Waals surface area contributed by atoms with Crippen LogP contribution in [0.25, 0.3) is 11.0 Å². The number of para-hydroxylation sites is 1. The van der Waals surface area contributed by atoms with Crippen LogP contribution >= 0.6 is 0 Å². The number of imidazole rings is 1. The quantitative estimate of drug-likeness (QED) is 0.384. The van der Waals surface area contributed by atoms with Gasteiger partial charge in [-0.25, -0.2) is 9.59 Å². The number of hydrogen-bond donors (Lipinski definition) is 3. The molecule has 2 atom stereocenters. The zero-order valence-electron chi connectivity index (χ0n) is 15.9. The number of benzene rings is 1. The molecule has 0 radical (unpaired) electrons. The van der Waals surface area contributed by atoms with Crippen LogP contribution in [0.4, 0.5) is 4.79 Å². The molecule has 0 bridgehead atoms. The second-order valence-electron chi connectivity index (χ2n) is 6.56. The molecule has 1 aliphatic heterocycles. The molecular formula is C19H20N4O6. The number of fused-ring (bicyclic) bond motifs is 1. The van der Waals surface area contributed by atoms with Crippen LogP contribution in [-0.4, -0.2) is 45.0 Å². The highest BCUT2D eigenvalue weighted by Gasteiger charge is 2.31. The number of amides is 3. The molecule has 10 heteroatoms. The number of imide groups is 1. The van der Waals surface area contributed by atoms with Gasteiger partial charge in [0.05, 0.1) is 16.6 Å². The summed E-state index contributed by atoms with van der Waals surface area (Å²) in [5.41, 5.74) is 1.29. The van der Waals surface area contributed by atoms with E-state index >= 15 is 0 Å². The molecule has 1 aromatic heterocycles. The smallest absolute Gasteiger partial charge is 0.406 e. The fraction of sp³-hybridized carbons (Fsp3) is 0.368. The van der Waals surface area contributed by atoms with Crippen molar-refractivity contribution in [1.29, 1.82) is 0 Å². The maximum absolute atomic E-state index is 12.8. The van der Waals surface area contributed by atoms with E-state index in [0.29, 0.717) is 16.6 Å². The van der Waals surface area contributed by atoms with Gasteiger partial charge in [0.1, 0.15) is 18.9 Å². The average molecular weight is 400 g/mol. The Morgan fingerprint density at radius 3 is 2.86 bits per heavy atom. The lowest BCUT2D eigenvalue weighted by Gasteiger charge is -2.21. The standard InChI is InChI=1S/C19H20N4O6/c1-11(20-18(26)27)29-10-4-6-12-5-3-7-13-16(12)22(2)19(28)23(13)14-8-9-15(24)21-17(14)25/h3,5,7,11,14,20H,8-10H2,1-2H3,(H,26,27)(H,21,24,25). The van der Waals surface area contributed by atoms with Gasteiger partial charge in [-0.15, -0.1) is 0 Å². The lowest BCUT2D eigenvalue weighted by atomic mass is 10.1. The van der Waals surface area contributed by atoms with E-state index in [1.54, 1.807) is 32.2 Å². The molecule has 3 rings (SSSR count). The third-order valence-corrected chi connectivity index (χ3v) is 4.58. The number of carboxylic acid groups (broad SMARTS) is 1. The minimum atomic E-state index is -1.19. The summed E-state index contributed by atoms with van der Waals surface area (Å²) in [5.74, 6) is 4.87. The van der Waals surface area contributed by atoms with Crippen molar-refractivity contribution >= 4 is 28.9 Å². The van der Waals surface area contributed by atoms with Crippen LogP contribution in [0, 0.1) is 11.8 Å². The molecule has 1 fully saturated rings. The van der Waals surface area contributed by atoms with E-state index < -0.39 is 24.3 Å². The minimum absolute atomic E-state index is 0.0143. The fourth-order valence-electron chi connectivity index (χ4n) is 3.28. The highest BCUT2D eigenvalue weighted by atomic mass is 16.5. The topological polar surface area (TPSA) is 132 Å². The summed E-state index contributed by atoms with van der Waals surface area (Å²) in [6.45, 7) is 1.53. The highest BCUT2D eigenvalue weighted by Crippen LogP contribution is 2.24. The lowest BCUT2D eigenvalue weighted by Crippen LogP contribution is -2.44. The van der Waals surface area contributed by atoms with E-state index in [1.165, 1.54) is 9.13 Å². The summed E-state index contributed by atoms with van der Waals surface area (Å²) in [7, 11) is 1.59. The first-order valence-corrected chi connectivity index (χ1v) is 8.93. The Morgan fingerprint density at radius 2 is 2.17 bits per heavy atom. The SMILES string of the molecule is CC(NC(=O)O)OCC#Cc1cccc2c1n(C)c(=O)n2C1CCC(=O)NC1=O.